The summed E-state index contributed by atoms with van der Waals surface area (Å²) in [4.78, 5) is 33.4. The topological polar surface area (TPSA) is 53.5 Å². The van der Waals surface area contributed by atoms with Gasteiger partial charge >= 0.3 is 11.8 Å². The second-order valence-corrected chi connectivity index (χ2v) is 9.14. The Morgan fingerprint density at radius 2 is 1.92 bits per heavy atom. The predicted octanol–water partition coefficient (Wildman–Crippen LogP) is 2.90. The van der Waals surface area contributed by atoms with Gasteiger partial charge in [0.05, 0.1) is 0 Å². The van der Waals surface area contributed by atoms with Crippen molar-refractivity contribution in [2.75, 3.05) is 19.6 Å². The molecule has 2 atom stereocenters. The first kappa shape index (κ1) is 18.9. The summed E-state index contributed by atoms with van der Waals surface area (Å²) in [5.41, 5.74) is 1.52. The molecule has 5 heteroatoms. The van der Waals surface area contributed by atoms with E-state index in [2.05, 4.69) is 25.8 Å². The lowest BCUT2D eigenvalue weighted by Crippen LogP contribution is -2.48. The summed E-state index contributed by atoms with van der Waals surface area (Å²) < 4.78 is 0. The maximum atomic E-state index is 13.0. The third-order valence-electron chi connectivity index (χ3n) is 5.95. The SMILES string of the molecule is CCN(CCc1ccncc1)C(=O)C(=O)N1CC2(C)CC1CC(C)(C)C2. The van der Waals surface area contributed by atoms with E-state index in [9.17, 15) is 9.59 Å². The van der Waals surface area contributed by atoms with Crippen LogP contribution in [-0.2, 0) is 16.0 Å². The average molecular weight is 357 g/mol. The zero-order valence-electron chi connectivity index (χ0n) is 16.5. The van der Waals surface area contributed by atoms with E-state index in [1.807, 2.05) is 24.0 Å². The Morgan fingerprint density at radius 3 is 2.58 bits per heavy atom. The monoisotopic (exact) mass is 357 g/mol. The van der Waals surface area contributed by atoms with Crippen molar-refractivity contribution in [3.8, 4) is 0 Å². The Kier molecular flexibility index (Phi) is 5.09. The van der Waals surface area contributed by atoms with Gasteiger partial charge in [-0.05, 0) is 61.1 Å². The molecule has 26 heavy (non-hydrogen) atoms. The molecule has 5 nitrogen and oxygen atoms in total. The van der Waals surface area contributed by atoms with Crippen LogP contribution in [0.4, 0.5) is 0 Å². The number of pyridine rings is 1. The van der Waals surface area contributed by atoms with Gasteiger partial charge in [0.1, 0.15) is 0 Å². The molecule has 2 amide bonds. The van der Waals surface area contributed by atoms with Crippen molar-refractivity contribution in [1.29, 1.82) is 0 Å². The third kappa shape index (κ3) is 3.92. The van der Waals surface area contributed by atoms with Gasteiger partial charge in [-0.3, -0.25) is 14.6 Å². The fourth-order valence-electron chi connectivity index (χ4n) is 5.17. The summed E-state index contributed by atoms with van der Waals surface area (Å²) in [6, 6.07) is 4.11. The van der Waals surface area contributed by atoms with Crippen molar-refractivity contribution in [3.05, 3.63) is 30.1 Å². The van der Waals surface area contributed by atoms with E-state index in [0.29, 0.717) is 19.6 Å². The molecular formula is C21H31N3O2. The molecule has 1 aliphatic heterocycles. The minimum absolute atomic E-state index is 0.149. The van der Waals surface area contributed by atoms with Crippen LogP contribution in [0.15, 0.2) is 24.5 Å². The van der Waals surface area contributed by atoms with Gasteiger partial charge in [-0.25, -0.2) is 0 Å². The number of hydrogen-bond acceptors (Lipinski definition) is 3. The average Bonchev–Trinajstić information content (AvgIpc) is 2.84. The number of carbonyl (C=O) groups excluding carboxylic acids is 2. The molecule has 1 saturated carbocycles. The molecule has 1 aromatic heterocycles. The Balaban J connectivity index is 1.65. The van der Waals surface area contributed by atoms with E-state index < -0.39 is 0 Å². The van der Waals surface area contributed by atoms with E-state index in [-0.39, 0.29) is 28.7 Å². The Morgan fingerprint density at radius 1 is 1.23 bits per heavy atom. The van der Waals surface area contributed by atoms with Crippen molar-refractivity contribution in [1.82, 2.24) is 14.8 Å². The van der Waals surface area contributed by atoms with Crippen molar-refractivity contribution in [2.45, 2.75) is 59.4 Å². The van der Waals surface area contributed by atoms with Crippen LogP contribution < -0.4 is 0 Å². The number of nitrogens with zero attached hydrogens (tertiary/aromatic N) is 3. The zero-order valence-corrected chi connectivity index (χ0v) is 16.5. The number of amides is 2. The van der Waals surface area contributed by atoms with Crippen LogP contribution in [-0.4, -0.2) is 52.3 Å². The number of fused-ring (bicyclic) bond motifs is 2. The van der Waals surface area contributed by atoms with Crippen molar-refractivity contribution in [2.24, 2.45) is 10.8 Å². The molecule has 142 valence electrons. The van der Waals surface area contributed by atoms with E-state index in [4.69, 9.17) is 0 Å². The molecule has 0 radical (unpaired) electrons. The first-order valence-corrected chi connectivity index (χ1v) is 9.72. The molecule has 1 aliphatic carbocycles. The highest BCUT2D eigenvalue weighted by molar-refractivity contribution is 6.35. The van der Waals surface area contributed by atoms with E-state index >= 15 is 0 Å². The van der Waals surface area contributed by atoms with Gasteiger partial charge in [-0.1, -0.05) is 20.8 Å². The maximum absolute atomic E-state index is 13.0. The van der Waals surface area contributed by atoms with Gasteiger partial charge in [0, 0.05) is 38.1 Å². The largest absolute Gasteiger partial charge is 0.334 e. The molecule has 2 heterocycles. The van der Waals surface area contributed by atoms with Crippen LogP contribution in [0.25, 0.3) is 0 Å². The number of aromatic nitrogens is 1. The van der Waals surface area contributed by atoms with Gasteiger partial charge in [0.2, 0.25) is 0 Å². The van der Waals surface area contributed by atoms with Gasteiger partial charge in [-0.15, -0.1) is 0 Å². The zero-order chi connectivity index (χ0) is 18.9. The number of likely N-dealkylation sites (N-methyl/N-ethyl adjacent to an activating group) is 1. The molecule has 2 bridgehead atoms. The van der Waals surface area contributed by atoms with Gasteiger partial charge in [0.15, 0.2) is 0 Å². The van der Waals surface area contributed by atoms with E-state index in [0.717, 1.165) is 31.2 Å². The number of carbonyl (C=O) groups is 2. The normalized spacial score (nSPS) is 26.6. The number of hydrogen-bond donors (Lipinski definition) is 0. The number of rotatable bonds is 4. The summed E-state index contributed by atoms with van der Waals surface area (Å²) >= 11 is 0. The van der Waals surface area contributed by atoms with Gasteiger partial charge < -0.3 is 9.80 Å². The highest BCUT2D eigenvalue weighted by atomic mass is 16.2. The van der Waals surface area contributed by atoms with Crippen LogP contribution in [0.2, 0.25) is 0 Å². The van der Waals surface area contributed by atoms with Crippen molar-refractivity contribution < 1.29 is 9.59 Å². The molecule has 0 N–H and O–H groups in total. The molecule has 2 aliphatic rings. The van der Waals surface area contributed by atoms with E-state index in [1.54, 1.807) is 17.3 Å². The summed E-state index contributed by atoms with van der Waals surface area (Å²) in [5.74, 6) is -0.663. The van der Waals surface area contributed by atoms with Gasteiger partial charge in [-0.2, -0.15) is 0 Å². The fraction of sp³-hybridized carbons (Fsp3) is 0.667. The first-order valence-electron chi connectivity index (χ1n) is 9.72. The summed E-state index contributed by atoms with van der Waals surface area (Å²) in [5, 5.41) is 0. The van der Waals surface area contributed by atoms with Crippen molar-refractivity contribution in [3.63, 3.8) is 0 Å². The second-order valence-electron chi connectivity index (χ2n) is 9.14. The highest BCUT2D eigenvalue weighted by Crippen LogP contribution is 2.52. The fourth-order valence-corrected chi connectivity index (χ4v) is 5.17. The summed E-state index contributed by atoms with van der Waals surface area (Å²) in [7, 11) is 0. The lowest BCUT2D eigenvalue weighted by molar-refractivity contribution is -0.152. The Hall–Kier alpha value is -1.91. The predicted molar refractivity (Wildman–Crippen MR) is 101 cm³/mol. The minimum atomic E-state index is -0.351. The molecule has 1 saturated heterocycles. The van der Waals surface area contributed by atoms with Crippen LogP contribution in [0, 0.1) is 10.8 Å². The molecule has 0 aromatic carbocycles. The summed E-state index contributed by atoms with van der Waals surface area (Å²) in [6.07, 6.45) is 7.39. The third-order valence-corrected chi connectivity index (χ3v) is 5.95. The summed E-state index contributed by atoms with van der Waals surface area (Å²) in [6.45, 7) is 10.6. The smallest absolute Gasteiger partial charge is 0.312 e. The molecule has 0 spiro atoms. The minimum Gasteiger partial charge on any atom is -0.334 e. The van der Waals surface area contributed by atoms with Crippen LogP contribution in [0.5, 0.6) is 0 Å². The molecule has 2 fully saturated rings. The lowest BCUT2D eigenvalue weighted by atomic mass is 9.65. The van der Waals surface area contributed by atoms with Crippen molar-refractivity contribution >= 4 is 11.8 Å². The quantitative estimate of drug-likeness (QED) is 0.779. The Bertz CT molecular complexity index is 673. The highest BCUT2D eigenvalue weighted by Gasteiger charge is 2.52. The molecule has 2 unspecified atom stereocenters. The van der Waals surface area contributed by atoms with E-state index in [1.165, 1.54) is 0 Å². The number of likely N-dealkylation sites (tertiary alicyclic amines) is 1. The lowest BCUT2D eigenvalue weighted by Gasteiger charge is -2.39. The molecule has 1 aromatic rings. The standard InChI is InChI=1S/C21H31N3O2/c1-5-23(11-8-16-6-9-22-10-7-16)18(25)19(26)24-15-21(4)13-17(24)12-20(2,3)14-21/h6-7,9-10,17H,5,8,11-15H2,1-4H3. The second kappa shape index (κ2) is 7.01. The first-order chi connectivity index (χ1) is 12.2. The van der Waals surface area contributed by atoms with Crippen LogP contribution in [0.1, 0.15) is 52.5 Å². The van der Waals surface area contributed by atoms with Crippen LogP contribution >= 0.6 is 0 Å². The van der Waals surface area contributed by atoms with Gasteiger partial charge in [0.25, 0.3) is 0 Å². The molecular weight excluding hydrogens is 326 g/mol. The van der Waals surface area contributed by atoms with Crippen LogP contribution in [0.3, 0.4) is 0 Å². The molecule has 3 rings (SSSR count). The maximum Gasteiger partial charge on any atom is 0.312 e. The Labute approximate surface area is 156 Å².